The highest BCUT2D eigenvalue weighted by atomic mass is 35.5. The fourth-order valence-corrected chi connectivity index (χ4v) is 3.70. The summed E-state index contributed by atoms with van der Waals surface area (Å²) in [4.78, 5) is 38.6. The van der Waals surface area contributed by atoms with E-state index in [-0.39, 0.29) is 12.5 Å². The molecule has 1 unspecified atom stereocenters. The monoisotopic (exact) mass is 443 g/mol. The minimum Gasteiger partial charge on any atom is -0.372 e. The van der Waals surface area contributed by atoms with E-state index >= 15 is 0 Å². The molecule has 0 aromatic heterocycles. The normalized spacial score (nSPS) is 15.5. The Morgan fingerprint density at radius 1 is 1.19 bits per heavy atom. The molecule has 3 rings (SSSR count). The van der Waals surface area contributed by atoms with E-state index in [1.54, 1.807) is 42.2 Å². The van der Waals surface area contributed by atoms with Crippen molar-refractivity contribution >= 4 is 40.7 Å². The molecule has 0 bridgehead atoms. The minimum atomic E-state index is -0.853. The van der Waals surface area contributed by atoms with Gasteiger partial charge in [0.05, 0.1) is 6.54 Å². The first-order valence-corrected chi connectivity index (χ1v) is 10.4. The number of ether oxygens (including phenoxy) is 1. The lowest BCUT2D eigenvalue weighted by atomic mass is 9.95. The van der Waals surface area contributed by atoms with Crippen LogP contribution in [0, 0.1) is 6.92 Å². The maximum absolute atomic E-state index is 12.4. The molecule has 1 fully saturated rings. The van der Waals surface area contributed by atoms with Crippen molar-refractivity contribution in [3.63, 3.8) is 0 Å². The van der Waals surface area contributed by atoms with Gasteiger partial charge in [0.25, 0.3) is 0 Å². The van der Waals surface area contributed by atoms with Crippen molar-refractivity contribution in [2.24, 2.45) is 0 Å². The molecule has 2 aromatic carbocycles. The summed E-state index contributed by atoms with van der Waals surface area (Å²) >= 11 is 6.06. The van der Waals surface area contributed by atoms with Crippen LogP contribution in [-0.4, -0.2) is 37.9 Å². The Bertz CT molecular complexity index is 1010. The number of methoxy groups -OCH3 is 1. The molecule has 2 aromatic rings. The molecule has 1 heterocycles. The molecule has 31 heavy (non-hydrogen) atoms. The van der Waals surface area contributed by atoms with Crippen LogP contribution in [0.25, 0.3) is 0 Å². The molecule has 1 saturated heterocycles. The molecular formula is C23H26ClN3O4. The number of amides is 3. The van der Waals surface area contributed by atoms with Gasteiger partial charge in [0.15, 0.2) is 0 Å². The summed E-state index contributed by atoms with van der Waals surface area (Å²) in [7, 11) is 1.53. The molecule has 0 aliphatic carbocycles. The predicted molar refractivity (Wildman–Crippen MR) is 120 cm³/mol. The number of anilines is 2. The number of hydrogen-bond donors (Lipinski definition) is 2. The third kappa shape index (κ3) is 5.24. The molecule has 3 amide bonds. The largest absolute Gasteiger partial charge is 0.372 e. The highest BCUT2D eigenvalue weighted by Crippen LogP contribution is 2.28. The van der Waals surface area contributed by atoms with Crippen LogP contribution in [0.1, 0.15) is 30.9 Å². The molecule has 7 nitrogen and oxygen atoms in total. The van der Waals surface area contributed by atoms with Crippen LogP contribution in [0.4, 0.5) is 11.4 Å². The van der Waals surface area contributed by atoms with Crippen LogP contribution in [0.2, 0.25) is 5.02 Å². The number of carbonyl (C=O) groups excluding carboxylic acids is 3. The number of benzene rings is 2. The SMILES string of the molecule is COC(C)(CNC(=O)C(=O)Nc1ccc(C)c(N2CCCC2=O)c1)c1cccc(Cl)c1. The zero-order valence-electron chi connectivity index (χ0n) is 17.8. The van der Waals surface area contributed by atoms with Crippen LogP contribution in [0.5, 0.6) is 0 Å². The molecule has 1 aliphatic rings. The van der Waals surface area contributed by atoms with E-state index in [2.05, 4.69) is 10.6 Å². The molecule has 1 aliphatic heterocycles. The summed E-state index contributed by atoms with van der Waals surface area (Å²) in [5.41, 5.74) is 2.05. The van der Waals surface area contributed by atoms with Gasteiger partial charge in [0.2, 0.25) is 5.91 Å². The number of halogens is 1. The zero-order chi connectivity index (χ0) is 22.6. The summed E-state index contributed by atoms with van der Waals surface area (Å²) in [6, 6.07) is 12.4. The van der Waals surface area contributed by atoms with Crippen LogP contribution in [-0.2, 0) is 24.7 Å². The van der Waals surface area contributed by atoms with Crippen molar-refractivity contribution in [1.82, 2.24) is 5.32 Å². The smallest absolute Gasteiger partial charge is 0.313 e. The molecular weight excluding hydrogens is 418 g/mol. The molecule has 1 atom stereocenters. The maximum Gasteiger partial charge on any atom is 0.313 e. The average Bonchev–Trinajstić information content (AvgIpc) is 3.18. The van der Waals surface area contributed by atoms with Gasteiger partial charge in [-0.3, -0.25) is 14.4 Å². The first-order chi connectivity index (χ1) is 14.7. The summed E-state index contributed by atoms with van der Waals surface area (Å²) in [6.45, 7) is 4.44. The average molecular weight is 444 g/mol. The van der Waals surface area contributed by atoms with E-state index in [1.165, 1.54) is 7.11 Å². The Labute approximate surface area is 186 Å². The molecule has 164 valence electrons. The van der Waals surface area contributed by atoms with E-state index in [0.29, 0.717) is 23.7 Å². The first kappa shape index (κ1) is 22.8. The van der Waals surface area contributed by atoms with E-state index < -0.39 is 17.4 Å². The lowest BCUT2D eigenvalue weighted by Gasteiger charge is -2.29. The zero-order valence-corrected chi connectivity index (χ0v) is 18.6. The van der Waals surface area contributed by atoms with Crippen LogP contribution >= 0.6 is 11.6 Å². The number of carbonyl (C=O) groups is 3. The van der Waals surface area contributed by atoms with Gasteiger partial charge < -0.3 is 20.3 Å². The molecule has 8 heteroatoms. The Hall–Kier alpha value is -2.90. The summed E-state index contributed by atoms with van der Waals surface area (Å²) in [5.74, 6) is -1.53. The van der Waals surface area contributed by atoms with Crippen molar-refractivity contribution in [2.45, 2.75) is 32.3 Å². The maximum atomic E-state index is 12.4. The Morgan fingerprint density at radius 2 is 1.97 bits per heavy atom. The second kappa shape index (κ2) is 9.49. The molecule has 0 saturated carbocycles. The van der Waals surface area contributed by atoms with Crippen LogP contribution in [0.15, 0.2) is 42.5 Å². The van der Waals surface area contributed by atoms with E-state index in [1.807, 2.05) is 19.1 Å². The van der Waals surface area contributed by atoms with Gasteiger partial charge in [-0.05, 0) is 55.7 Å². The van der Waals surface area contributed by atoms with E-state index in [0.717, 1.165) is 23.2 Å². The standard InChI is InChI=1S/C23H26ClN3O4/c1-15-9-10-18(13-19(15)27-11-5-8-20(27)28)26-22(30)21(29)25-14-23(2,31-3)16-6-4-7-17(24)12-16/h4,6-7,9-10,12-13H,5,8,11,14H2,1-3H3,(H,25,29)(H,26,30). The lowest BCUT2D eigenvalue weighted by molar-refractivity contribution is -0.137. The number of nitrogens with one attached hydrogen (secondary N) is 2. The number of rotatable bonds is 6. The Morgan fingerprint density at radius 3 is 2.61 bits per heavy atom. The van der Waals surface area contributed by atoms with Crippen molar-refractivity contribution in [1.29, 1.82) is 0 Å². The van der Waals surface area contributed by atoms with Crippen LogP contribution < -0.4 is 15.5 Å². The quantitative estimate of drug-likeness (QED) is 0.670. The van der Waals surface area contributed by atoms with Gasteiger partial charge in [-0.25, -0.2) is 0 Å². The summed E-state index contributed by atoms with van der Waals surface area (Å²) < 4.78 is 5.58. The predicted octanol–water partition coefficient (Wildman–Crippen LogP) is 3.39. The highest BCUT2D eigenvalue weighted by Gasteiger charge is 2.29. The third-order valence-electron chi connectivity index (χ3n) is 5.51. The third-order valence-corrected chi connectivity index (χ3v) is 5.74. The second-order valence-corrected chi connectivity index (χ2v) is 8.17. The van der Waals surface area contributed by atoms with E-state index in [4.69, 9.17) is 16.3 Å². The van der Waals surface area contributed by atoms with Crippen molar-refractivity contribution in [3.8, 4) is 0 Å². The highest BCUT2D eigenvalue weighted by molar-refractivity contribution is 6.39. The lowest BCUT2D eigenvalue weighted by Crippen LogP contribution is -2.44. The fourth-order valence-electron chi connectivity index (χ4n) is 3.51. The van der Waals surface area contributed by atoms with Crippen LogP contribution in [0.3, 0.4) is 0 Å². The summed E-state index contributed by atoms with van der Waals surface area (Å²) in [5, 5.41) is 5.77. The van der Waals surface area contributed by atoms with E-state index in [9.17, 15) is 14.4 Å². The Balaban J connectivity index is 1.65. The van der Waals surface area contributed by atoms with Crippen molar-refractivity contribution < 1.29 is 19.1 Å². The summed E-state index contributed by atoms with van der Waals surface area (Å²) in [6.07, 6.45) is 1.32. The second-order valence-electron chi connectivity index (χ2n) is 7.73. The first-order valence-electron chi connectivity index (χ1n) is 10.0. The Kier molecular flexibility index (Phi) is 6.97. The van der Waals surface area contributed by atoms with Crippen molar-refractivity contribution in [3.05, 3.63) is 58.6 Å². The van der Waals surface area contributed by atoms with Gasteiger partial charge in [-0.1, -0.05) is 29.8 Å². The van der Waals surface area contributed by atoms with Gasteiger partial charge in [-0.2, -0.15) is 0 Å². The molecule has 0 spiro atoms. The molecule has 2 N–H and O–H groups in total. The molecule has 0 radical (unpaired) electrons. The topological polar surface area (TPSA) is 87.7 Å². The number of hydrogen-bond acceptors (Lipinski definition) is 4. The van der Waals surface area contributed by atoms with Gasteiger partial charge >= 0.3 is 11.8 Å². The number of nitrogens with zero attached hydrogens (tertiary/aromatic N) is 1. The van der Waals surface area contributed by atoms with Crippen molar-refractivity contribution in [2.75, 3.05) is 30.4 Å². The van der Waals surface area contributed by atoms with Gasteiger partial charge in [-0.15, -0.1) is 0 Å². The van der Waals surface area contributed by atoms with Gasteiger partial charge in [0, 0.05) is 36.5 Å². The number of aryl methyl sites for hydroxylation is 1. The van der Waals surface area contributed by atoms with Gasteiger partial charge in [0.1, 0.15) is 5.60 Å². The minimum absolute atomic E-state index is 0.0594. The fraction of sp³-hybridized carbons (Fsp3) is 0.348.